The minimum Gasteiger partial charge on any atom is -0.260 e. The van der Waals surface area contributed by atoms with Gasteiger partial charge >= 0.3 is 0 Å². The molecule has 1 aromatic carbocycles. The predicted molar refractivity (Wildman–Crippen MR) is 74.6 cm³/mol. The van der Waals surface area contributed by atoms with Gasteiger partial charge in [-0.1, -0.05) is 38.1 Å². The maximum Gasteiger partial charge on any atom is 0.0529 e. The maximum atomic E-state index is 6.33. The van der Waals surface area contributed by atoms with Crippen molar-refractivity contribution in [1.29, 1.82) is 0 Å². The molecule has 0 amide bonds. The lowest BCUT2D eigenvalue weighted by Crippen LogP contribution is -2.17. The molecule has 90 valence electrons. The fourth-order valence-electron chi connectivity index (χ4n) is 2.47. The number of pyridine rings is 1. The third-order valence-corrected chi connectivity index (χ3v) is 3.50. The minimum atomic E-state index is 0.0910. The first kappa shape index (κ1) is 12.4. The molecule has 0 aliphatic rings. The quantitative estimate of drug-likeness (QED) is 0.723. The lowest BCUT2D eigenvalue weighted by molar-refractivity contribution is 0.483. The number of alkyl halides is 1. The van der Waals surface area contributed by atoms with E-state index in [-0.39, 0.29) is 5.38 Å². The number of benzene rings is 1. The van der Waals surface area contributed by atoms with E-state index in [1.54, 1.807) is 0 Å². The summed E-state index contributed by atoms with van der Waals surface area (Å²) in [5, 5.41) is 2.55. The van der Waals surface area contributed by atoms with Gasteiger partial charge in [-0.2, -0.15) is 0 Å². The van der Waals surface area contributed by atoms with E-state index in [1.165, 1.54) is 10.8 Å². The Morgan fingerprint density at radius 3 is 2.41 bits per heavy atom. The van der Waals surface area contributed by atoms with Crippen molar-refractivity contribution in [2.45, 2.75) is 32.1 Å². The number of nitrogens with zero attached hydrogens (tertiary/aromatic N) is 1. The van der Waals surface area contributed by atoms with Crippen LogP contribution in [-0.4, -0.2) is 10.4 Å². The van der Waals surface area contributed by atoms with E-state index in [0.29, 0.717) is 11.8 Å². The van der Waals surface area contributed by atoms with Crippen LogP contribution in [0, 0.1) is 5.92 Å². The van der Waals surface area contributed by atoms with Crippen molar-refractivity contribution in [3.05, 3.63) is 42.2 Å². The lowest BCUT2D eigenvalue weighted by atomic mass is 9.87. The summed E-state index contributed by atoms with van der Waals surface area (Å²) < 4.78 is 0. The first-order chi connectivity index (χ1) is 8.11. The summed E-state index contributed by atoms with van der Waals surface area (Å²) in [6, 6.07) is 10.4. The molecular weight excluding hydrogens is 230 g/mol. The third-order valence-electron chi connectivity index (χ3n) is 3.23. The molecule has 0 saturated heterocycles. The van der Waals surface area contributed by atoms with Gasteiger partial charge in [-0.25, -0.2) is 0 Å². The van der Waals surface area contributed by atoms with Gasteiger partial charge in [-0.3, -0.25) is 4.98 Å². The zero-order valence-corrected chi connectivity index (χ0v) is 11.3. The fourth-order valence-corrected chi connectivity index (χ4v) is 2.88. The Balaban J connectivity index is 2.61. The van der Waals surface area contributed by atoms with Gasteiger partial charge in [0.2, 0.25) is 0 Å². The van der Waals surface area contributed by atoms with Crippen LogP contribution >= 0.6 is 11.6 Å². The molecule has 2 rings (SSSR count). The maximum absolute atomic E-state index is 6.33. The lowest BCUT2D eigenvalue weighted by Gasteiger charge is -2.24. The van der Waals surface area contributed by atoms with Gasteiger partial charge in [0.05, 0.1) is 5.69 Å². The zero-order chi connectivity index (χ0) is 12.4. The van der Waals surface area contributed by atoms with E-state index in [9.17, 15) is 0 Å². The van der Waals surface area contributed by atoms with Crippen molar-refractivity contribution in [3.8, 4) is 0 Å². The van der Waals surface area contributed by atoms with Crippen LogP contribution in [0.2, 0.25) is 0 Å². The van der Waals surface area contributed by atoms with Crippen LogP contribution in [0.15, 0.2) is 36.5 Å². The summed E-state index contributed by atoms with van der Waals surface area (Å²) in [6.07, 6.45) is 1.88. The number of rotatable bonds is 3. The fraction of sp³-hybridized carbons (Fsp3) is 0.400. The van der Waals surface area contributed by atoms with Gasteiger partial charge in [-0.15, -0.1) is 11.6 Å². The van der Waals surface area contributed by atoms with Gasteiger partial charge in [0, 0.05) is 22.9 Å². The van der Waals surface area contributed by atoms with E-state index in [0.717, 1.165) is 5.69 Å². The minimum absolute atomic E-state index is 0.0910. The van der Waals surface area contributed by atoms with Gasteiger partial charge in [0.1, 0.15) is 0 Å². The van der Waals surface area contributed by atoms with Crippen molar-refractivity contribution in [2.75, 3.05) is 0 Å². The van der Waals surface area contributed by atoms with E-state index in [4.69, 9.17) is 11.6 Å². The first-order valence-electron chi connectivity index (χ1n) is 6.09. The molecule has 2 aromatic rings. The molecule has 0 radical (unpaired) electrons. The molecule has 0 bridgehead atoms. The highest BCUT2D eigenvalue weighted by atomic mass is 35.5. The Labute approximate surface area is 108 Å². The van der Waals surface area contributed by atoms with Gasteiger partial charge in [0.15, 0.2) is 0 Å². The normalized spacial score (nSPS) is 15.1. The van der Waals surface area contributed by atoms with Crippen LogP contribution in [-0.2, 0) is 0 Å². The van der Waals surface area contributed by atoms with Crippen LogP contribution in [0.4, 0.5) is 0 Å². The van der Waals surface area contributed by atoms with Gasteiger partial charge < -0.3 is 0 Å². The second-order valence-corrected chi connectivity index (χ2v) is 5.55. The molecule has 1 nitrogen and oxygen atoms in total. The molecule has 0 spiro atoms. The molecule has 1 aromatic heterocycles. The smallest absolute Gasteiger partial charge is 0.0529 e. The van der Waals surface area contributed by atoms with Crippen LogP contribution in [0.1, 0.15) is 32.4 Å². The highest BCUT2D eigenvalue weighted by molar-refractivity contribution is 6.21. The van der Waals surface area contributed by atoms with Crippen LogP contribution < -0.4 is 0 Å². The summed E-state index contributed by atoms with van der Waals surface area (Å²) in [4.78, 5) is 4.57. The molecule has 1 heterocycles. The molecule has 0 aliphatic heterocycles. The van der Waals surface area contributed by atoms with E-state index < -0.39 is 0 Å². The number of hydrogen-bond acceptors (Lipinski definition) is 1. The second-order valence-electron chi connectivity index (χ2n) is 4.86. The van der Waals surface area contributed by atoms with E-state index >= 15 is 0 Å². The molecule has 2 atom stereocenters. The molecule has 0 aliphatic carbocycles. The van der Waals surface area contributed by atoms with Crippen molar-refractivity contribution in [1.82, 2.24) is 4.98 Å². The number of hydrogen-bond donors (Lipinski definition) is 0. The Morgan fingerprint density at radius 2 is 1.76 bits per heavy atom. The number of halogens is 1. The monoisotopic (exact) mass is 247 g/mol. The summed E-state index contributed by atoms with van der Waals surface area (Å²) in [5.74, 6) is 0.781. The number of aromatic nitrogens is 1. The molecule has 2 unspecified atom stereocenters. The molecule has 0 fully saturated rings. The zero-order valence-electron chi connectivity index (χ0n) is 10.5. The Morgan fingerprint density at radius 1 is 1.06 bits per heavy atom. The SMILES string of the molecule is CC(C)C(c1nccc2ccccc12)C(C)Cl. The highest BCUT2D eigenvalue weighted by Crippen LogP contribution is 2.33. The van der Waals surface area contributed by atoms with Crippen LogP contribution in [0.25, 0.3) is 10.8 Å². The highest BCUT2D eigenvalue weighted by Gasteiger charge is 2.24. The molecule has 17 heavy (non-hydrogen) atoms. The van der Waals surface area contributed by atoms with Crippen LogP contribution in [0.5, 0.6) is 0 Å². The summed E-state index contributed by atoms with van der Waals surface area (Å²) in [5.41, 5.74) is 1.13. The largest absolute Gasteiger partial charge is 0.260 e. The van der Waals surface area contributed by atoms with Gasteiger partial charge in [-0.05, 0) is 24.3 Å². The molecule has 2 heteroatoms. The van der Waals surface area contributed by atoms with E-state index in [1.807, 2.05) is 6.20 Å². The Kier molecular flexibility index (Phi) is 3.68. The summed E-state index contributed by atoms with van der Waals surface area (Å²) >= 11 is 6.33. The van der Waals surface area contributed by atoms with E-state index in [2.05, 4.69) is 56.1 Å². The summed E-state index contributed by atoms with van der Waals surface area (Å²) in [7, 11) is 0. The van der Waals surface area contributed by atoms with Crippen LogP contribution in [0.3, 0.4) is 0 Å². The predicted octanol–water partition coefficient (Wildman–Crippen LogP) is 4.60. The summed E-state index contributed by atoms with van der Waals surface area (Å²) in [6.45, 7) is 6.45. The molecule has 0 N–H and O–H groups in total. The Hall–Kier alpha value is -1.08. The van der Waals surface area contributed by atoms with Crippen molar-refractivity contribution >= 4 is 22.4 Å². The van der Waals surface area contributed by atoms with Crippen molar-refractivity contribution in [3.63, 3.8) is 0 Å². The van der Waals surface area contributed by atoms with Crippen molar-refractivity contribution in [2.24, 2.45) is 5.92 Å². The topological polar surface area (TPSA) is 12.9 Å². The van der Waals surface area contributed by atoms with Crippen molar-refractivity contribution < 1.29 is 0 Å². The molecular formula is C15H18ClN. The molecule has 0 saturated carbocycles. The first-order valence-corrected chi connectivity index (χ1v) is 6.52. The standard InChI is InChI=1S/C15H18ClN/c1-10(2)14(11(3)16)15-13-7-5-4-6-12(13)8-9-17-15/h4-11,14H,1-3H3. The Bertz CT molecular complexity index is 492. The van der Waals surface area contributed by atoms with Gasteiger partial charge in [0.25, 0.3) is 0 Å². The third kappa shape index (κ3) is 2.44. The average Bonchev–Trinajstić information content (AvgIpc) is 2.28. The second kappa shape index (κ2) is 5.05. The number of fused-ring (bicyclic) bond motifs is 1. The average molecular weight is 248 g/mol.